The van der Waals surface area contributed by atoms with Crippen LogP contribution in [0.1, 0.15) is 38.3 Å². The van der Waals surface area contributed by atoms with Crippen molar-refractivity contribution >= 4 is 10.8 Å². The summed E-state index contributed by atoms with van der Waals surface area (Å²) < 4.78 is 19.0. The summed E-state index contributed by atoms with van der Waals surface area (Å²) in [5.74, 6) is 3.88. The molecule has 1 aromatic heterocycles. The first-order valence-corrected chi connectivity index (χ1v) is 8.99. The smallest absolute Gasteiger partial charge is 0.153 e. The van der Waals surface area contributed by atoms with E-state index in [9.17, 15) is 4.21 Å². The molecule has 0 fully saturated rings. The Balaban J connectivity index is 2.42. The van der Waals surface area contributed by atoms with Crippen molar-refractivity contribution < 1.29 is 8.95 Å². The number of aryl methyl sites for hydroxylation is 1. The standard InChI is InChI=1S/C16H23N3O2S/c1-5-22(20)11-10-15-17-16(12(2)3)18-19(15)13-8-6-7-9-14(13)21-4/h6-9,12H,5,10-11H2,1-4H3/t22-/m1/s1. The van der Waals surface area contributed by atoms with Crippen molar-refractivity contribution in [3.8, 4) is 11.4 Å². The van der Waals surface area contributed by atoms with Crippen LogP contribution < -0.4 is 4.74 Å². The van der Waals surface area contributed by atoms with E-state index in [0.717, 1.165) is 23.1 Å². The number of ether oxygens (including phenoxy) is 1. The van der Waals surface area contributed by atoms with E-state index in [1.165, 1.54) is 0 Å². The van der Waals surface area contributed by atoms with Gasteiger partial charge in [-0.1, -0.05) is 32.9 Å². The number of methoxy groups -OCH3 is 1. The lowest BCUT2D eigenvalue weighted by Crippen LogP contribution is -2.10. The van der Waals surface area contributed by atoms with Gasteiger partial charge < -0.3 is 4.74 Å². The monoisotopic (exact) mass is 321 g/mol. The van der Waals surface area contributed by atoms with Gasteiger partial charge in [0.2, 0.25) is 0 Å². The molecule has 0 unspecified atom stereocenters. The van der Waals surface area contributed by atoms with Gasteiger partial charge in [-0.15, -0.1) is 0 Å². The zero-order chi connectivity index (χ0) is 16.1. The van der Waals surface area contributed by atoms with Crippen molar-refractivity contribution in [1.82, 2.24) is 14.8 Å². The molecule has 5 nitrogen and oxygen atoms in total. The van der Waals surface area contributed by atoms with E-state index in [0.29, 0.717) is 17.9 Å². The SMILES string of the molecule is CC[S@@](=O)CCc1nc(C(C)C)nn1-c1ccccc1OC. The summed E-state index contributed by atoms with van der Waals surface area (Å²) >= 11 is 0. The molecule has 120 valence electrons. The van der Waals surface area contributed by atoms with E-state index in [1.807, 2.05) is 35.9 Å². The Morgan fingerprint density at radius 2 is 2.05 bits per heavy atom. The van der Waals surface area contributed by atoms with Crippen LogP contribution in [0.3, 0.4) is 0 Å². The molecule has 0 N–H and O–H groups in total. The Morgan fingerprint density at radius 3 is 2.68 bits per heavy atom. The van der Waals surface area contributed by atoms with Crippen LogP contribution in [0.5, 0.6) is 5.75 Å². The number of hydrogen-bond donors (Lipinski definition) is 0. The number of hydrogen-bond acceptors (Lipinski definition) is 4. The summed E-state index contributed by atoms with van der Waals surface area (Å²) in [4.78, 5) is 4.63. The molecule has 0 aliphatic rings. The first-order chi connectivity index (χ1) is 10.6. The van der Waals surface area contributed by atoms with E-state index < -0.39 is 10.8 Å². The van der Waals surface area contributed by atoms with Gasteiger partial charge in [0.25, 0.3) is 0 Å². The number of nitrogens with zero attached hydrogens (tertiary/aromatic N) is 3. The molecule has 1 atom stereocenters. The van der Waals surface area contributed by atoms with E-state index in [1.54, 1.807) is 7.11 Å². The Hall–Kier alpha value is -1.69. The van der Waals surface area contributed by atoms with E-state index in [2.05, 4.69) is 23.9 Å². The van der Waals surface area contributed by atoms with Gasteiger partial charge in [-0.25, -0.2) is 9.67 Å². The molecule has 6 heteroatoms. The summed E-state index contributed by atoms with van der Waals surface area (Å²) in [6, 6.07) is 7.73. The van der Waals surface area contributed by atoms with Gasteiger partial charge in [0.1, 0.15) is 17.3 Å². The van der Waals surface area contributed by atoms with Crippen LogP contribution in [0.25, 0.3) is 5.69 Å². The largest absolute Gasteiger partial charge is 0.494 e. The third-order valence-corrected chi connectivity index (χ3v) is 4.70. The first kappa shape index (κ1) is 16.7. The predicted molar refractivity (Wildman–Crippen MR) is 89.3 cm³/mol. The number of benzene rings is 1. The topological polar surface area (TPSA) is 57.0 Å². The molecule has 1 heterocycles. The average Bonchev–Trinajstić information content (AvgIpc) is 2.96. The zero-order valence-corrected chi connectivity index (χ0v) is 14.4. The van der Waals surface area contributed by atoms with Gasteiger partial charge in [0.15, 0.2) is 5.82 Å². The second-order valence-electron chi connectivity index (χ2n) is 5.31. The zero-order valence-electron chi connectivity index (χ0n) is 13.6. The maximum absolute atomic E-state index is 11.7. The molecule has 0 radical (unpaired) electrons. The second-order valence-corrected chi connectivity index (χ2v) is 7.17. The van der Waals surface area contributed by atoms with Gasteiger partial charge >= 0.3 is 0 Å². The van der Waals surface area contributed by atoms with Gasteiger partial charge in [-0.3, -0.25) is 4.21 Å². The molecule has 0 bridgehead atoms. The van der Waals surface area contributed by atoms with Crippen molar-refractivity contribution in [2.24, 2.45) is 0 Å². The van der Waals surface area contributed by atoms with Gasteiger partial charge in [-0.2, -0.15) is 5.10 Å². The fourth-order valence-electron chi connectivity index (χ4n) is 2.12. The summed E-state index contributed by atoms with van der Waals surface area (Å²) in [5, 5.41) is 4.62. The molecule has 0 saturated carbocycles. The Bertz CT molecular complexity index is 653. The minimum atomic E-state index is -0.813. The minimum absolute atomic E-state index is 0.242. The highest BCUT2D eigenvalue weighted by atomic mass is 32.2. The van der Waals surface area contributed by atoms with Gasteiger partial charge in [0.05, 0.1) is 7.11 Å². The molecular formula is C16H23N3O2S. The maximum Gasteiger partial charge on any atom is 0.153 e. The molecule has 0 aliphatic carbocycles. The normalized spacial score (nSPS) is 12.6. The second kappa shape index (κ2) is 7.54. The first-order valence-electron chi connectivity index (χ1n) is 7.51. The van der Waals surface area contributed by atoms with Crippen LogP contribution in [-0.4, -0.2) is 37.6 Å². The van der Waals surface area contributed by atoms with E-state index in [-0.39, 0.29) is 5.92 Å². The summed E-state index contributed by atoms with van der Waals surface area (Å²) in [5.41, 5.74) is 0.863. The third kappa shape index (κ3) is 3.74. The Kier molecular flexibility index (Phi) is 5.71. The highest BCUT2D eigenvalue weighted by Crippen LogP contribution is 2.24. The number of rotatable bonds is 7. The average molecular weight is 321 g/mol. The molecule has 0 amide bonds. The quantitative estimate of drug-likeness (QED) is 0.787. The minimum Gasteiger partial charge on any atom is -0.494 e. The molecule has 0 aliphatic heterocycles. The number of aromatic nitrogens is 3. The molecule has 2 aromatic rings. The third-order valence-electron chi connectivity index (χ3n) is 3.40. The molecule has 1 aromatic carbocycles. The number of para-hydroxylation sites is 2. The highest BCUT2D eigenvalue weighted by molar-refractivity contribution is 7.84. The van der Waals surface area contributed by atoms with E-state index in [4.69, 9.17) is 4.74 Å². The van der Waals surface area contributed by atoms with Crippen LogP contribution in [0.2, 0.25) is 0 Å². The van der Waals surface area contributed by atoms with Crippen molar-refractivity contribution in [1.29, 1.82) is 0 Å². The fraction of sp³-hybridized carbons (Fsp3) is 0.500. The van der Waals surface area contributed by atoms with Crippen LogP contribution in [0.4, 0.5) is 0 Å². The molecule has 2 rings (SSSR count). The fourth-order valence-corrected chi connectivity index (χ4v) is 2.81. The Morgan fingerprint density at radius 1 is 1.32 bits per heavy atom. The predicted octanol–water partition coefficient (Wildman–Crippen LogP) is 2.71. The molecule has 22 heavy (non-hydrogen) atoms. The van der Waals surface area contributed by atoms with Crippen molar-refractivity contribution in [3.63, 3.8) is 0 Å². The van der Waals surface area contributed by atoms with Crippen LogP contribution in [-0.2, 0) is 17.2 Å². The van der Waals surface area contributed by atoms with Crippen LogP contribution in [0.15, 0.2) is 24.3 Å². The summed E-state index contributed by atoms with van der Waals surface area (Å²) in [6.07, 6.45) is 0.637. The Labute approximate surface area is 134 Å². The van der Waals surface area contributed by atoms with Crippen LogP contribution >= 0.6 is 0 Å². The highest BCUT2D eigenvalue weighted by Gasteiger charge is 2.16. The van der Waals surface area contributed by atoms with Crippen molar-refractivity contribution in [2.45, 2.75) is 33.1 Å². The van der Waals surface area contributed by atoms with Crippen LogP contribution in [0, 0.1) is 0 Å². The van der Waals surface area contributed by atoms with E-state index >= 15 is 0 Å². The lowest BCUT2D eigenvalue weighted by molar-refractivity contribution is 0.411. The lowest BCUT2D eigenvalue weighted by atomic mass is 10.2. The van der Waals surface area contributed by atoms with Crippen molar-refractivity contribution in [2.75, 3.05) is 18.6 Å². The lowest BCUT2D eigenvalue weighted by Gasteiger charge is -2.10. The maximum atomic E-state index is 11.7. The summed E-state index contributed by atoms with van der Waals surface area (Å²) in [6.45, 7) is 6.06. The van der Waals surface area contributed by atoms with Gasteiger partial charge in [0, 0.05) is 34.6 Å². The molecule has 0 saturated heterocycles. The van der Waals surface area contributed by atoms with Crippen molar-refractivity contribution in [3.05, 3.63) is 35.9 Å². The molecular weight excluding hydrogens is 298 g/mol. The molecule has 0 spiro atoms. The summed E-state index contributed by atoms with van der Waals surface area (Å²) in [7, 11) is 0.831. The van der Waals surface area contributed by atoms with Gasteiger partial charge in [-0.05, 0) is 12.1 Å².